The average Bonchev–Trinajstić information content (AvgIpc) is 2.81. The van der Waals surface area contributed by atoms with E-state index in [1.165, 1.54) is 0 Å². The molecule has 16 heteroatoms. The zero-order valence-corrected chi connectivity index (χ0v) is 17.2. The number of rotatable bonds is 8. The van der Waals surface area contributed by atoms with Crippen LogP contribution in [0.4, 0.5) is 52.7 Å². The van der Waals surface area contributed by atoms with E-state index in [4.69, 9.17) is 0 Å². The molecule has 33 heavy (non-hydrogen) atoms. The van der Waals surface area contributed by atoms with E-state index in [-0.39, 0.29) is 0 Å². The highest BCUT2D eigenvalue weighted by Crippen LogP contribution is 2.73. The molecule has 0 aromatic rings. The van der Waals surface area contributed by atoms with Crippen LogP contribution < -0.4 is 0 Å². The van der Waals surface area contributed by atoms with Crippen molar-refractivity contribution in [1.29, 1.82) is 0 Å². The molecule has 0 radical (unpaired) electrons. The third-order valence-electron chi connectivity index (χ3n) is 6.95. The molecule has 194 valence electrons. The van der Waals surface area contributed by atoms with Gasteiger partial charge in [-0.15, -0.1) is 0 Å². The van der Waals surface area contributed by atoms with Gasteiger partial charge in [0.25, 0.3) is 0 Å². The largest absolute Gasteiger partial charge is 0.481 e. The maximum absolute atomic E-state index is 15.1. The molecule has 0 spiro atoms. The molecule has 1 fully saturated rings. The van der Waals surface area contributed by atoms with Gasteiger partial charge in [-0.2, -0.15) is 52.7 Å². The summed E-state index contributed by atoms with van der Waals surface area (Å²) < 4.78 is 167. The summed E-state index contributed by atoms with van der Waals surface area (Å²) in [6.45, 7) is 0.270. The smallest absolute Gasteiger partial charge is 0.384 e. The monoisotopic (exact) mass is 514 g/mol. The SMILES string of the molecule is CC(F)(F)C(F)(F)C(F)(F)C(F)(F)C(F)(F)C(F)(F)C1(C(=O)O)CCC(C)(C(=O)O)C1(C)C. The summed E-state index contributed by atoms with van der Waals surface area (Å²) in [5.74, 6) is -48.7. The van der Waals surface area contributed by atoms with E-state index >= 15 is 8.78 Å². The Hall–Kier alpha value is -1.90. The summed E-state index contributed by atoms with van der Waals surface area (Å²) in [5.41, 5.74) is -10.2. The van der Waals surface area contributed by atoms with Crippen molar-refractivity contribution < 1.29 is 72.5 Å². The van der Waals surface area contributed by atoms with Gasteiger partial charge in [0.15, 0.2) is 0 Å². The summed E-state index contributed by atoms with van der Waals surface area (Å²) in [5, 5.41) is 18.7. The van der Waals surface area contributed by atoms with E-state index in [0.29, 0.717) is 20.8 Å². The number of carbonyl (C=O) groups is 2. The summed E-state index contributed by atoms with van der Waals surface area (Å²) in [4.78, 5) is 23.3. The van der Waals surface area contributed by atoms with Gasteiger partial charge in [-0.1, -0.05) is 13.8 Å². The molecule has 1 rings (SSSR count). The Morgan fingerprint density at radius 2 is 1.00 bits per heavy atom. The topological polar surface area (TPSA) is 74.6 Å². The minimum Gasteiger partial charge on any atom is -0.481 e. The molecule has 1 aliphatic rings. The zero-order chi connectivity index (χ0) is 27.1. The third-order valence-corrected chi connectivity index (χ3v) is 6.95. The highest BCUT2D eigenvalue weighted by Gasteiger charge is 2.94. The summed E-state index contributed by atoms with van der Waals surface area (Å²) in [6, 6.07) is 0. The molecule has 0 bridgehead atoms. The highest BCUT2D eigenvalue weighted by atomic mass is 19.4. The molecular formula is C17H18F12O4. The van der Waals surface area contributed by atoms with Gasteiger partial charge in [-0.3, -0.25) is 9.59 Å². The fourth-order valence-corrected chi connectivity index (χ4v) is 4.10. The number of hydrogen-bond donors (Lipinski definition) is 2. The van der Waals surface area contributed by atoms with E-state index in [1.54, 1.807) is 0 Å². The van der Waals surface area contributed by atoms with Crippen molar-refractivity contribution in [3.63, 3.8) is 0 Å². The second kappa shape index (κ2) is 7.06. The van der Waals surface area contributed by atoms with Crippen LogP contribution in [-0.4, -0.2) is 57.7 Å². The number of carboxylic acids is 2. The van der Waals surface area contributed by atoms with Crippen LogP contribution in [0.5, 0.6) is 0 Å². The quantitative estimate of drug-likeness (QED) is 0.402. The molecule has 2 atom stereocenters. The fraction of sp³-hybridized carbons (Fsp3) is 0.882. The zero-order valence-electron chi connectivity index (χ0n) is 17.2. The number of hydrogen-bond acceptors (Lipinski definition) is 2. The van der Waals surface area contributed by atoms with Crippen LogP contribution >= 0.6 is 0 Å². The number of alkyl halides is 12. The van der Waals surface area contributed by atoms with Gasteiger partial charge in [0.1, 0.15) is 5.41 Å². The first-order valence-corrected chi connectivity index (χ1v) is 8.83. The van der Waals surface area contributed by atoms with Gasteiger partial charge >= 0.3 is 47.5 Å². The van der Waals surface area contributed by atoms with Crippen molar-refractivity contribution in [3.05, 3.63) is 0 Å². The predicted octanol–water partition coefficient (Wildman–Crippen LogP) is 5.80. The minimum absolute atomic E-state index is 0.358. The molecule has 2 N–H and O–H groups in total. The van der Waals surface area contributed by atoms with Gasteiger partial charge in [0, 0.05) is 12.3 Å². The van der Waals surface area contributed by atoms with Crippen LogP contribution in [0.15, 0.2) is 0 Å². The van der Waals surface area contributed by atoms with Crippen LogP contribution in [0.3, 0.4) is 0 Å². The minimum atomic E-state index is -7.94. The standard InChI is InChI=1S/C17H18F12O4/c1-9(2)10(3,7(30)31)5-6-12(9,8(32)33)14(22,23)16(26,27)17(28,29)15(24,25)13(20,21)11(4,18)19/h5-6H2,1-4H3,(H,30,31)(H,32,33). The van der Waals surface area contributed by atoms with Crippen LogP contribution in [-0.2, 0) is 9.59 Å². The van der Waals surface area contributed by atoms with Crippen molar-refractivity contribution >= 4 is 11.9 Å². The van der Waals surface area contributed by atoms with Crippen LogP contribution in [0.1, 0.15) is 40.5 Å². The third kappa shape index (κ3) is 2.99. The number of halogens is 12. The second-order valence-electron chi connectivity index (χ2n) is 8.73. The van der Waals surface area contributed by atoms with E-state index in [9.17, 15) is 63.7 Å². The van der Waals surface area contributed by atoms with Gasteiger partial charge in [-0.25, -0.2) is 0 Å². The second-order valence-corrected chi connectivity index (χ2v) is 8.73. The van der Waals surface area contributed by atoms with Gasteiger partial charge < -0.3 is 10.2 Å². The molecule has 1 saturated carbocycles. The molecule has 1 aliphatic carbocycles. The Labute approximate surface area is 177 Å². The fourth-order valence-electron chi connectivity index (χ4n) is 4.10. The van der Waals surface area contributed by atoms with Crippen molar-refractivity contribution in [1.82, 2.24) is 0 Å². The Bertz CT molecular complexity index is 832. The van der Waals surface area contributed by atoms with Crippen molar-refractivity contribution in [2.45, 2.75) is 76.1 Å². The molecule has 0 heterocycles. The van der Waals surface area contributed by atoms with Crippen molar-refractivity contribution in [2.24, 2.45) is 16.2 Å². The van der Waals surface area contributed by atoms with Crippen molar-refractivity contribution in [2.75, 3.05) is 0 Å². The maximum Gasteiger partial charge on any atom is 0.384 e. The molecule has 0 saturated heterocycles. The summed E-state index contributed by atoms with van der Waals surface area (Å²) in [6.07, 6.45) is -2.94. The summed E-state index contributed by atoms with van der Waals surface area (Å²) >= 11 is 0. The number of aliphatic carboxylic acids is 2. The first-order valence-electron chi connectivity index (χ1n) is 8.83. The van der Waals surface area contributed by atoms with Gasteiger partial charge in [0.2, 0.25) is 0 Å². The lowest BCUT2D eigenvalue weighted by Crippen LogP contribution is -2.74. The molecule has 4 nitrogen and oxygen atoms in total. The average molecular weight is 514 g/mol. The number of carboxylic acid groups (broad SMARTS) is 2. The van der Waals surface area contributed by atoms with E-state index in [1.807, 2.05) is 0 Å². The van der Waals surface area contributed by atoms with Crippen LogP contribution in [0.25, 0.3) is 0 Å². The predicted molar refractivity (Wildman–Crippen MR) is 84.2 cm³/mol. The first kappa shape index (κ1) is 29.1. The van der Waals surface area contributed by atoms with Gasteiger partial charge in [0.05, 0.1) is 5.41 Å². The first-order chi connectivity index (χ1) is 14.1. The molecule has 0 aromatic carbocycles. The van der Waals surface area contributed by atoms with E-state index in [0.717, 1.165) is 0 Å². The van der Waals surface area contributed by atoms with Crippen LogP contribution in [0, 0.1) is 16.2 Å². The van der Waals surface area contributed by atoms with E-state index < -0.39 is 83.5 Å². The molecule has 0 aliphatic heterocycles. The highest BCUT2D eigenvalue weighted by molar-refractivity contribution is 5.84. The molecule has 2 unspecified atom stereocenters. The lowest BCUT2D eigenvalue weighted by molar-refractivity contribution is -0.435. The van der Waals surface area contributed by atoms with E-state index in [2.05, 4.69) is 0 Å². The lowest BCUT2D eigenvalue weighted by atomic mass is 9.55. The Balaban J connectivity index is 3.95. The lowest BCUT2D eigenvalue weighted by Gasteiger charge is -2.51. The Kier molecular flexibility index (Phi) is 6.23. The molecular weight excluding hydrogens is 496 g/mol. The maximum atomic E-state index is 15.1. The normalized spacial score (nSPS) is 27.5. The Morgan fingerprint density at radius 1 is 0.636 bits per heavy atom. The van der Waals surface area contributed by atoms with Crippen molar-refractivity contribution in [3.8, 4) is 0 Å². The summed E-state index contributed by atoms with van der Waals surface area (Å²) in [7, 11) is 0. The molecule has 0 aromatic heterocycles. The molecule has 0 amide bonds. The van der Waals surface area contributed by atoms with Crippen LogP contribution in [0.2, 0.25) is 0 Å². The Morgan fingerprint density at radius 3 is 1.27 bits per heavy atom. The van der Waals surface area contributed by atoms with Gasteiger partial charge in [-0.05, 0) is 19.8 Å².